The first kappa shape index (κ1) is 8.81. The molecule has 1 aromatic heterocycles. The van der Waals surface area contributed by atoms with Crippen LogP contribution in [0, 0.1) is 0 Å². The van der Waals surface area contributed by atoms with Gasteiger partial charge < -0.3 is 9.73 Å². The molecule has 0 amide bonds. The lowest BCUT2D eigenvalue weighted by Gasteiger charge is -2.05. The molecular weight excluding hydrogens is 206 g/mol. The molecule has 0 aliphatic carbocycles. The third kappa shape index (κ3) is 2.67. The molecule has 0 bridgehead atoms. The van der Waals surface area contributed by atoms with Gasteiger partial charge in [-0.15, -0.1) is 0 Å². The Bertz CT molecular complexity index is 220. The van der Waals surface area contributed by atoms with E-state index in [1.165, 1.54) is 5.56 Å². The van der Waals surface area contributed by atoms with Crippen LogP contribution in [-0.4, -0.2) is 6.04 Å². The van der Waals surface area contributed by atoms with E-state index in [1.807, 2.05) is 6.07 Å². The molecule has 62 valence electrons. The quantitative estimate of drug-likeness (QED) is 0.843. The van der Waals surface area contributed by atoms with Crippen molar-refractivity contribution in [1.29, 1.82) is 0 Å². The maximum absolute atomic E-state index is 5.07. The van der Waals surface area contributed by atoms with Gasteiger partial charge in [-0.1, -0.05) is 13.8 Å². The first-order valence-electron chi connectivity index (χ1n) is 3.65. The average molecular weight is 218 g/mol. The Hall–Kier alpha value is -0.280. The van der Waals surface area contributed by atoms with Crippen molar-refractivity contribution < 1.29 is 4.42 Å². The van der Waals surface area contributed by atoms with Crippen LogP contribution in [0.15, 0.2) is 21.4 Å². The summed E-state index contributed by atoms with van der Waals surface area (Å²) in [6.45, 7) is 5.09. The molecule has 0 fully saturated rings. The van der Waals surface area contributed by atoms with Crippen LogP contribution < -0.4 is 5.32 Å². The molecule has 0 atom stereocenters. The Labute approximate surface area is 75.1 Å². The van der Waals surface area contributed by atoms with Crippen LogP contribution in [0.3, 0.4) is 0 Å². The van der Waals surface area contributed by atoms with Crippen LogP contribution in [-0.2, 0) is 6.54 Å². The Morgan fingerprint density at radius 2 is 2.36 bits per heavy atom. The van der Waals surface area contributed by atoms with Gasteiger partial charge in [0.15, 0.2) is 4.67 Å². The van der Waals surface area contributed by atoms with Gasteiger partial charge in [0.1, 0.15) is 0 Å². The van der Waals surface area contributed by atoms with Gasteiger partial charge in [0.05, 0.1) is 6.26 Å². The first-order valence-corrected chi connectivity index (χ1v) is 4.44. The number of furan rings is 1. The molecule has 0 saturated heterocycles. The summed E-state index contributed by atoms with van der Waals surface area (Å²) in [4.78, 5) is 0. The minimum absolute atomic E-state index is 0.511. The second kappa shape index (κ2) is 3.93. The highest BCUT2D eigenvalue weighted by atomic mass is 79.9. The van der Waals surface area contributed by atoms with E-state index in [9.17, 15) is 0 Å². The van der Waals surface area contributed by atoms with Gasteiger partial charge in [-0.3, -0.25) is 0 Å². The molecule has 1 heterocycles. The van der Waals surface area contributed by atoms with Crippen LogP contribution in [0.4, 0.5) is 0 Å². The van der Waals surface area contributed by atoms with Gasteiger partial charge in [0.2, 0.25) is 0 Å². The summed E-state index contributed by atoms with van der Waals surface area (Å²) in [5.74, 6) is 0. The summed E-state index contributed by atoms with van der Waals surface area (Å²) in [7, 11) is 0. The van der Waals surface area contributed by atoms with E-state index in [2.05, 4.69) is 35.1 Å². The summed E-state index contributed by atoms with van der Waals surface area (Å²) in [5.41, 5.74) is 1.17. The van der Waals surface area contributed by atoms with Crippen LogP contribution in [0.1, 0.15) is 19.4 Å². The van der Waals surface area contributed by atoms with Crippen molar-refractivity contribution in [2.75, 3.05) is 0 Å². The number of hydrogen-bond acceptors (Lipinski definition) is 2. The summed E-state index contributed by atoms with van der Waals surface area (Å²) in [5, 5.41) is 3.30. The van der Waals surface area contributed by atoms with E-state index in [0.29, 0.717) is 6.04 Å². The van der Waals surface area contributed by atoms with E-state index in [4.69, 9.17) is 4.42 Å². The fourth-order valence-electron chi connectivity index (χ4n) is 0.760. The minimum Gasteiger partial charge on any atom is -0.457 e. The SMILES string of the molecule is CC(C)NCc1ccoc1Br. The smallest absolute Gasteiger partial charge is 0.173 e. The predicted octanol–water partition coefficient (Wildman–Crippen LogP) is 2.54. The Morgan fingerprint density at radius 3 is 2.82 bits per heavy atom. The van der Waals surface area contributed by atoms with Gasteiger partial charge in [-0.05, 0) is 22.0 Å². The molecule has 0 spiro atoms. The Morgan fingerprint density at radius 1 is 1.64 bits per heavy atom. The highest BCUT2D eigenvalue weighted by Crippen LogP contribution is 2.16. The molecule has 3 heteroatoms. The summed E-state index contributed by atoms with van der Waals surface area (Å²) >= 11 is 3.31. The number of halogens is 1. The standard InChI is InChI=1S/C8H12BrNO/c1-6(2)10-5-7-3-4-11-8(7)9/h3-4,6,10H,5H2,1-2H3. The first-order chi connectivity index (χ1) is 5.20. The zero-order valence-corrected chi connectivity index (χ0v) is 8.31. The number of rotatable bonds is 3. The van der Waals surface area contributed by atoms with E-state index in [0.717, 1.165) is 11.2 Å². The largest absolute Gasteiger partial charge is 0.457 e. The monoisotopic (exact) mass is 217 g/mol. The number of nitrogens with one attached hydrogen (secondary N) is 1. The molecular formula is C8H12BrNO. The van der Waals surface area contributed by atoms with E-state index in [1.54, 1.807) is 6.26 Å². The molecule has 0 unspecified atom stereocenters. The Kier molecular flexibility index (Phi) is 3.15. The summed E-state index contributed by atoms with van der Waals surface area (Å²) < 4.78 is 5.90. The molecule has 11 heavy (non-hydrogen) atoms. The van der Waals surface area contributed by atoms with Crippen LogP contribution in [0.25, 0.3) is 0 Å². The van der Waals surface area contributed by atoms with Gasteiger partial charge in [0.25, 0.3) is 0 Å². The van der Waals surface area contributed by atoms with E-state index < -0.39 is 0 Å². The summed E-state index contributed by atoms with van der Waals surface area (Å²) in [6, 6.07) is 2.47. The van der Waals surface area contributed by atoms with Gasteiger partial charge in [-0.25, -0.2) is 0 Å². The van der Waals surface area contributed by atoms with Crippen molar-refractivity contribution in [1.82, 2.24) is 5.32 Å². The van der Waals surface area contributed by atoms with Gasteiger partial charge in [0, 0.05) is 18.2 Å². The molecule has 0 aliphatic heterocycles. The molecule has 0 aliphatic rings. The summed E-state index contributed by atoms with van der Waals surface area (Å²) in [6.07, 6.45) is 1.68. The third-order valence-corrected chi connectivity index (χ3v) is 2.09. The fraction of sp³-hybridized carbons (Fsp3) is 0.500. The van der Waals surface area contributed by atoms with Crippen molar-refractivity contribution in [3.8, 4) is 0 Å². The van der Waals surface area contributed by atoms with Gasteiger partial charge >= 0.3 is 0 Å². The molecule has 0 radical (unpaired) electrons. The van der Waals surface area contributed by atoms with Crippen LogP contribution >= 0.6 is 15.9 Å². The lowest BCUT2D eigenvalue weighted by molar-refractivity contribution is 0.527. The van der Waals surface area contributed by atoms with Crippen molar-refractivity contribution in [3.63, 3.8) is 0 Å². The van der Waals surface area contributed by atoms with Crippen molar-refractivity contribution in [2.24, 2.45) is 0 Å². The third-order valence-electron chi connectivity index (χ3n) is 1.39. The van der Waals surface area contributed by atoms with Crippen molar-refractivity contribution in [2.45, 2.75) is 26.4 Å². The molecule has 1 rings (SSSR count). The van der Waals surface area contributed by atoms with Crippen LogP contribution in [0.5, 0.6) is 0 Å². The molecule has 0 saturated carbocycles. The van der Waals surface area contributed by atoms with Crippen molar-refractivity contribution in [3.05, 3.63) is 22.6 Å². The molecule has 1 N–H and O–H groups in total. The average Bonchev–Trinajstić information content (AvgIpc) is 2.31. The van der Waals surface area contributed by atoms with E-state index >= 15 is 0 Å². The molecule has 0 aromatic carbocycles. The second-order valence-electron chi connectivity index (χ2n) is 2.76. The lowest BCUT2D eigenvalue weighted by Crippen LogP contribution is -2.21. The lowest BCUT2D eigenvalue weighted by atomic mass is 10.3. The van der Waals surface area contributed by atoms with E-state index in [-0.39, 0.29) is 0 Å². The maximum Gasteiger partial charge on any atom is 0.173 e. The molecule has 2 nitrogen and oxygen atoms in total. The maximum atomic E-state index is 5.07. The number of hydrogen-bond donors (Lipinski definition) is 1. The van der Waals surface area contributed by atoms with Crippen LogP contribution in [0.2, 0.25) is 0 Å². The topological polar surface area (TPSA) is 25.2 Å². The Balaban J connectivity index is 2.44. The zero-order valence-electron chi connectivity index (χ0n) is 6.73. The van der Waals surface area contributed by atoms with Crippen molar-refractivity contribution >= 4 is 15.9 Å². The second-order valence-corrected chi connectivity index (χ2v) is 3.48. The minimum atomic E-state index is 0.511. The fourth-order valence-corrected chi connectivity index (χ4v) is 1.14. The highest BCUT2D eigenvalue weighted by molar-refractivity contribution is 9.10. The molecule has 1 aromatic rings. The normalized spacial score (nSPS) is 10.9. The highest BCUT2D eigenvalue weighted by Gasteiger charge is 2.01. The zero-order chi connectivity index (χ0) is 8.27. The van der Waals surface area contributed by atoms with Gasteiger partial charge in [-0.2, -0.15) is 0 Å². The predicted molar refractivity (Wildman–Crippen MR) is 48.4 cm³/mol.